The van der Waals surface area contributed by atoms with Crippen LogP contribution in [0.25, 0.3) is 0 Å². The van der Waals surface area contributed by atoms with Crippen molar-refractivity contribution in [3.05, 3.63) is 22.8 Å². The van der Waals surface area contributed by atoms with Crippen molar-refractivity contribution in [2.75, 3.05) is 19.8 Å². The SMILES string of the molecule is CC12CC=C3C4=C(CCC3C1CCC21OCCC1=O)CC1(CC4)OCCO1. The lowest BCUT2D eigenvalue weighted by Gasteiger charge is -2.50. The molecule has 146 valence electrons. The lowest BCUT2D eigenvalue weighted by Crippen LogP contribution is -2.52. The molecule has 6 rings (SSSR count). The minimum atomic E-state index is -0.490. The second-order valence-electron chi connectivity index (χ2n) is 9.79. The molecule has 2 aliphatic heterocycles. The third kappa shape index (κ3) is 2.07. The molecule has 0 radical (unpaired) electrons. The first-order chi connectivity index (χ1) is 13.1. The quantitative estimate of drug-likeness (QED) is 0.644. The van der Waals surface area contributed by atoms with Gasteiger partial charge in [0.25, 0.3) is 0 Å². The largest absolute Gasteiger partial charge is 0.366 e. The van der Waals surface area contributed by atoms with Crippen LogP contribution in [0.1, 0.15) is 64.7 Å². The Hall–Kier alpha value is -0.970. The molecule has 2 heterocycles. The molecule has 2 spiro atoms. The zero-order chi connectivity index (χ0) is 18.3. The monoisotopic (exact) mass is 370 g/mol. The Kier molecular flexibility index (Phi) is 3.48. The number of allylic oxidation sites excluding steroid dienone is 3. The predicted molar refractivity (Wildman–Crippen MR) is 100 cm³/mol. The van der Waals surface area contributed by atoms with Crippen LogP contribution in [0, 0.1) is 17.3 Å². The molecule has 4 atom stereocenters. The number of ketones is 1. The predicted octanol–water partition coefficient (Wildman–Crippen LogP) is 4.09. The Morgan fingerprint density at radius 2 is 1.85 bits per heavy atom. The molecular weight excluding hydrogens is 340 g/mol. The van der Waals surface area contributed by atoms with E-state index in [4.69, 9.17) is 14.2 Å². The average Bonchev–Trinajstić information content (AvgIpc) is 3.35. The summed E-state index contributed by atoms with van der Waals surface area (Å²) in [6.07, 6.45) is 11.6. The number of fused-ring (bicyclic) bond motifs is 5. The fourth-order valence-electron chi connectivity index (χ4n) is 7.59. The summed E-state index contributed by atoms with van der Waals surface area (Å²) in [6, 6.07) is 0. The number of carbonyl (C=O) groups excluding carboxylic acids is 1. The van der Waals surface area contributed by atoms with Crippen molar-refractivity contribution < 1.29 is 19.0 Å². The van der Waals surface area contributed by atoms with E-state index >= 15 is 0 Å². The minimum absolute atomic E-state index is 0.0135. The molecule has 3 fully saturated rings. The van der Waals surface area contributed by atoms with Crippen LogP contribution in [0.3, 0.4) is 0 Å². The topological polar surface area (TPSA) is 44.8 Å². The fourth-order valence-corrected chi connectivity index (χ4v) is 7.59. The zero-order valence-corrected chi connectivity index (χ0v) is 16.4. The van der Waals surface area contributed by atoms with E-state index in [1.807, 2.05) is 0 Å². The normalized spacial score (nSPS) is 45.2. The highest BCUT2D eigenvalue weighted by Crippen LogP contribution is 2.65. The Labute approximate surface area is 161 Å². The van der Waals surface area contributed by atoms with Gasteiger partial charge < -0.3 is 14.2 Å². The van der Waals surface area contributed by atoms with Crippen LogP contribution < -0.4 is 0 Å². The number of hydrogen-bond donors (Lipinski definition) is 0. The molecule has 1 saturated carbocycles. The third-order valence-electron chi connectivity index (χ3n) is 8.89. The lowest BCUT2D eigenvalue weighted by molar-refractivity contribution is -0.164. The van der Waals surface area contributed by atoms with Crippen molar-refractivity contribution in [2.24, 2.45) is 17.3 Å². The molecule has 0 N–H and O–H groups in total. The zero-order valence-electron chi connectivity index (χ0n) is 16.4. The van der Waals surface area contributed by atoms with Crippen molar-refractivity contribution in [3.8, 4) is 0 Å². The van der Waals surface area contributed by atoms with E-state index in [0.717, 1.165) is 51.7 Å². The van der Waals surface area contributed by atoms with Gasteiger partial charge in [-0.3, -0.25) is 4.79 Å². The van der Waals surface area contributed by atoms with Crippen LogP contribution in [0.2, 0.25) is 0 Å². The first-order valence-electron chi connectivity index (χ1n) is 10.9. The average molecular weight is 370 g/mol. The maximum absolute atomic E-state index is 12.8. The van der Waals surface area contributed by atoms with Gasteiger partial charge in [0.15, 0.2) is 11.6 Å². The van der Waals surface area contributed by atoms with Crippen LogP contribution >= 0.6 is 0 Å². The summed E-state index contributed by atoms with van der Waals surface area (Å²) >= 11 is 0. The highest BCUT2D eigenvalue weighted by atomic mass is 16.7. The summed E-state index contributed by atoms with van der Waals surface area (Å²) < 4.78 is 18.2. The molecule has 0 aromatic heterocycles. The van der Waals surface area contributed by atoms with Crippen molar-refractivity contribution in [1.82, 2.24) is 0 Å². The molecule has 2 saturated heterocycles. The molecule has 4 aliphatic carbocycles. The van der Waals surface area contributed by atoms with Crippen LogP contribution in [-0.2, 0) is 19.0 Å². The first-order valence-corrected chi connectivity index (χ1v) is 10.9. The van der Waals surface area contributed by atoms with Gasteiger partial charge >= 0.3 is 0 Å². The summed E-state index contributed by atoms with van der Waals surface area (Å²) in [4.78, 5) is 12.8. The summed E-state index contributed by atoms with van der Waals surface area (Å²) in [6.45, 7) is 4.45. The molecular formula is C23H30O4. The van der Waals surface area contributed by atoms with Gasteiger partial charge in [0, 0.05) is 24.7 Å². The highest BCUT2D eigenvalue weighted by Gasteiger charge is 2.66. The van der Waals surface area contributed by atoms with Gasteiger partial charge in [-0.1, -0.05) is 18.6 Å². The third-order valence-corrected chi connectivity index (χ3v) is 8.89. The molecule has 0 bridgehead atoms. The standard InChI is InChI=1S/C23H30O4/c1-21-8-4-17-16-5-9-22(25-12-13-26-22)14-15(16)2-3-18(17)19(21)6-10-23(21)20(24)7-11-27-23/h4,18-19H,2-3,5-14H2,1H3. The molecule has 6 aliphatic rings. The number of hydrogen-bond acceptors (Lipinski definition) is 4. The molecule has 0 amide bonds. The fraction of sp³-hybridized carbons (Fsp3) is 0.783. The van der Waals surface area contributed by atoms with Gasteiger partial charge in [-0.25, -0.2) is 0 Å². The maximum Gasteiger partial charge on any atom is 0.172 e. The van der Waals surface area contributed by atoms with Gasteiger partial charge in [-0.05, 0) is 61.5 Å². The second-order valence-corrected chi connectivity index (χ2v) is 9.79. The number of carbonyl (C=O) groups is 1. The molecule has 4 unspecified atom stereocenters. The Morgan fingerprint density at radius 3 is 2.63 bits per heavy atom. The summed E-state index contributed by atoms with van der Waals surface area (Å²) in [5.74, 6) is 1.24. The number of rotatable bonds is 0. The van der Waals surface area contributed by atoms with Crippen molar-refractivity contribution in [3.63, 3.8) is 0 Å². The van der Waals surface area contributed by atoms with Crippen molar-refractivity contribution >= 4 is 5.78 Å². The van der Waals surface area contributed by atoms with Crippen molar-refractivity contribution in [1.29, 1.82) is 0 Å². The van der Waals surface area contributed by atoms with Gasteiger partial charge in [0.2, 0.25) is 0 Å². The van der Waals surface area contributed by atoms with Gasteiger partial charge in [-0.15, -0.1) is 0 Å². The summed E-state index contributed by atoms with van der Waals surface area (Å²) in [5.41, 5.74) is 4.29. The molecule has 4 heteroatoms. The molecule has 27 heavy (non-hydrogen) atoms. The van der Waals surface area contributed by atoms with Crippen LogP contribution in [0.4, 0.5) is 0 Å². The lowest BCUT2D eigenvalue weighted by atomic mass is 9.55. The first kappa shape index (κ1) is 16.9. The van der Waals surface area contributed by atoms with E-state index < -0.39 is 5.60 Å². The van der Waals surface area contributed by atoms with Crippen LogP contribution in [-0.4, -0.2) is 37.0 Å². The Balaban J connectivity index is 1.35. The minimum Gasteiger partial charge on any atom is -0.366 e. The molecule has 4 nitrogen and oxygen atoms in total. The van der Waals surface area contributed by atoms with Crippen LogP contribution in [0.5, 0.6) is 0 Å². The maximum atomic E-state index is 12.8. The molecule has 0 aromatic rings. The Bertz CT molecular complexity index is 758. The number of ether oxygens (including phenoxy) is 3. The van der Waals surface area contributed by atoms with E-state index in [-0.39, 0.29) is 11.2 Å². The second kappa shape index (κ2) is 5.55. The van der Waals surface area contributed by atoms with Gasteiger partial charge in [0.1, 0.15) is 5.60 Å². The van der Waals surface area contributed by atoms with E-state index in [2.05, 4.69) is 13.0 Å². The Morgan fingerprint density at radius 1 is 1.00 bits per heavy atom. The van der Waals surface area contributed by atoms with Gasteiger partial charge in [-0.2, -0.15) is 0 Å². The summed E-state index contributed by atoms with van der Waals surface area (Å²) in [5, 5.41) is 0. The summed E-state index contributed by atoms with van der Waals surface area (Å²) in [7, 11) is 0. The van der Waals surface area contributed by atoms with E-state index in [0.29, 0.717) is 30.6 Å². The van der Waals surface area contributed by atoms with Crippen molar-refractivity contribution in [2.45, 2.75) is 76.1 Å². The van der Waals surface area contributed by atoms with Gasteiger partial charge in [0.05, 0.1) is 19.8 Å². The van der Waals surface area contributed by atoms with Crippen LogP contribution in [0.15, 0.2) is 22.8 Å². The molecule has 0 aromatic carbocycles. The highest BCUT2D eigenvalue weighted by molar-refractivity contribution is 5.90. The number of Topliss-reactive ketones (excluding diaryl/α,β-unsaturated/α-hetero) is 1. The van der Waals surface area contributed by atoms with E-state index in [9.17, 15) is 4.79 Å². The van der Waals surface area contributed by atoms with E-state index in [1.54, 1.807) is 16.7 Å². The van der Waals surface area contributed by atoms with E-state index in [1.165, 1.54) is 12.8 Å². The smallest absolute Gasteiger partial charge is 0.172 e.